The Morgan fingerprint density at radius 2 is 2.20 bits per heavy atom. The molecule has 2 N–H and O–H groups in total. The van der Waals surface area contributed by atoms with Crippen molar-refractivity contribution in [1.29, 1.82) is 0 Å². The van der Waals surface area contributed by atoms with Crippen molar-refractivity contribution in [2.75, 3.05) is 29.9 Å². The normalized spacial score (nSPS) is 18.7. The molecule has 20 heavy (non-hydrogen) atoms. The van der Waals surface area contributed by atoms with Crippen LogP contribution >= 0.6 is 0 Å². The van der Waals surface area contributed by atoms with Crippen molar-refractivity contribution in [2.45, 2.75) is 25.8 Å². The van der Waals surface area contributed by atoms with Gasteiger partial charge in [-0.05, 0) is 31.9 Å². The Labute approximate surface area is 118 Å². The molecule has 0 radical (unpaired) electrons. The van der Waals surface area contributed by atoms with E-state index < -0.39 is 0 Å². The number of benzene rings is 1. The summed E-state index contributed by atoms with van der Waals surface area (Å²) < 4.78 is 0. The summed E-state index contributed by atoms with van der Waals surface area (Å²) in [5.41, 5.74) is 0.942. The summed E-state index contributed by atoms with van der Waals surface area (Å²) in [7, 11) is 0. The van der Waals surface area contributed by atoms with Gasteiger partial charge in [0, 0.05) is 18.5 Å². The van der Waals surface area contributed by atoms with Crippen LogP contribution in [0, 0.1) is 0 Å². The van der Waals surface area contributed by atoms with Gasteiger partial charge in [-0.25, -0.2) is 4.98 Å². The Kier molecular flexibility index (Phi) is 3.69. The molecular formula is C15H20N4O. The van der Waals surface area contributed by atoms with Gasteiger partial charge in [0.1, 0.15) is 5.82 Å². The third-order valence-electron chi connectivity index (χ3n) is 3.78. The second-order valence-electron chi connectivity index (χ2n) is 5.09. The lowest BCUT2D eigenvalue weighted by atomic mass is 10.2. The van der Waals surface area contributed by atoms with Crippen LogP contribution in [-0.2, 0) is 0 Å². The largest absolute Gasteiger partial charge is 0.394 e. The highest BCUT2D eigenvalue weighted by molar-refractivity contribution is 5.90. The molecule has 1 aliphatic rings. The minimum atomic E-state index is 0.169. The topological polar surface area (TPSA) is 61.3 Å². The molecule has 2 heterocycles. The van der Waals surface area contributed by atoms with E-state index in [1.54, 1.807) is 0 Å². The maximum Gasteiger partial charge on any atom is 0.225 e. The molecule has 5 nitrogen and oxygen atoms in total. The Morgan fingerprint density at radius 1 is 1.35 bits per heavy atom. The van der Waals surface area contributed by atoms with Crippen LogP contribution in [0.15, 0.2) is 24.3 Å². The minimum Gasteiger partial charge on any atom is -0.394 e. The molecule has 1 atom stereocenters. The van der Waals surface area contributed by atoms with Gasteiger partial charge < -0.3 is 15.3 Å². The smallest absolute Gasteiger partial charge is 0.225 e. The first-order chi connectivity index (χ1) is 9.83. The number of para-hydroxylation sites is 1. The maximum absolute atomic E-state index is 9.54. The molecule has 5 heteroatoms. The maximum atomic E-state index is 9.54. The zero-order valence-electron chi connectivity index (χ0n) is 11.7. The fourth-order valence-corrected chi connectivity index (χ4v) is 2.82. The molecule has 2 aromatic rings. The lowest BCUT2D eigenvalue weighted by molar-refractivity contribution is 0.266. The van der Waals surface area contributed by atoms with Crippen molar-refractivity contribution in [3.63, 3.8) is 0 Å². The van der Waals surface area contributed by atoms with Gasteiger partial charge in [0.25, 0.3) is 0 Å². The molecule has 0 amide bonds. The number of anilines is 2. The first-order valence-electron chi connectivity index (χ1n) is 7.21. The van der Waals surface area contributed by atoms with Crippen molar-refractivity contribution < 1.29 is 5.11 Å². The molecule has 1 saturated heterocycles. The first kappa shape index (κ1) is 13.1. The number of aliphatic hydroxyl groups excluding tert-OH is 1. The highest BCUT2D eigenvalue weighted by atomic mass is 16.3. The van der Waals surface area contributed by atoms with E-state index in [9.17, 15) is 5.11 Å². The van der Waals surface area contributed by atoms with E-state index in [0.717, 1.165) is 42.7 Å². The SMILES string of the molecule is CCNc1nc(N2CCCC2CO)c2ccccc2n1. The van der Waals surface area contributed by atoms with E-state index in [1.807, 2.05) is 31.2 Å². The van der Waals surface area contributed by atoms with Crippen LogP contribution in [0.1, 0.15) is 19.8 Å². The number of rotatable bonds is 4. The summed E-state index contributed by atoms with van der Waals surface area (Å²) in [5.74, 6) is 1.59. The van der Waals surface area contributed by atoms with E-state index in [4.69, 9.17) is 0 Å². The molecule has 106 valence electrons. The predicted octanol–water partition coefficient (Wildman–Crippen LogP) is 2.02. The molecule has 0 saturated carbocycles. The van der Waals surface area contributed by atoms with Gasteiger partial charge in [-0.3, -0.25) is 0 Å². The zero-order valence-corrected chi connectivity index (χ0v) is 11.7. The van der Waals surface area contributed by atoms with E-state index in [-0.39, 0.29) is 12.6 Å². The molecule has 0 bridgehead atoms. The standard InChI is InChI=1S/C15H20N4O/c1-2-16-15-17-13-8-4-3-7-12(13)14(18-15)19-9-5-6-11(19)10-20/h3-4,7-8,11,20H,2,5-6,9-10H2,1H3,(H,16,17,18). The molecule has 1 aliphatic heterocycles. The van der Waals surface area contributed by atoms with Gasteiger partial charge in [0.05, 0.1) is 18.2 Å². The van der Waals surface area contributed by atoms with Crippen molar-refractivity contribution in [3.05, 3.63) is 24.3 Å². The monoisotopic (exact) mass is 272 g/mol. The third-order valence-corrected chi connectivity index (χ3v) is 3.78. The van der Waals surface area contributed by atoms with Gasteiger partial charge in [0.15, 0.2) is 0 Å². The zero-order chi connectivity index (χ0) is 13.9. The molecule has 3 rings (SSSR count). The van der Waals surface area contributed by atoms with Crippen molar-refractivity contribution in [1.82, 2.24) is 9.97 Å². The molecule has 1 aromatic heterocycles. The van der Waals surface area contributed by atoms with Crippen LogP contribution < -0.4 is 10.2 Å². The fraction of sp³-hybridized carbons (Fsp3) is 0.467. The van der Waals surface area contributed by atoms with Crippen LogP contribution in [0.3, 0.4) is 0 Å². The summed E-state index contributed by atoms with van der Waals surface area (Å²) >= 11 is 0. The van der Waals surface area contributed by atoms with E-state index in [2.05, 4.69) is 20.2 Å². The molecule has 1 fully saturated rings. The highest BCUT2D eigenvalue weighted by Gasteiger charge is 2.26. The lowest BCUT2D eigenvalue weighted by Gasteiger charge is -2.25. The lowest BCUT2D eigenvalue weighted by Crippen LogP contribution is -2.33. The highest BCUT2D eigenvalue weighted by Crippen LogP contribution is 2.30. The van der Waals surface area contributed by atoms with Crippen molar-refractivity contribution >= 4 is 22.7 Å². The summed E-state index contributed by atoms with van der Waals surface area (Å²) in [4.78, 5) is 11.4. The second-order valence-corrected chi connectivity index (χ2v) is 5.09. The van der Waals surface area contributed by atoms with Crippen LogP contribution in [0.2, 0.25) is 0 Å². The summed E-state index contributed by atoms with van der Waals surface area (Å²) in [6.07, 6.45) is 2.12. The molecule has 0 aliphatic carbocycles. The predicted molar refractivity (Wildman–Crippen MR) is 81.2 cm³/mol. The van der Waals surface area contributed by atoms with Crippen LogP contribution in [-0.4, -0.2) is 40.8 Å². The van der Waals surface area contributed by atoms with Gasteiger partial charge in [-0.2, -0.15) is 4.98 Å². The average molecular weight is 272 g/mol. The minimum absolute atomic E-state index is 0.169. The first-order valence-corrected chi connectivity index (χ1v) is 7.21. The summed E-state index contributed by atoms with van der Waals surface area (Å²) in [6.45, 7) is 3.94. The van der Waals surface area contributed by atoms with Gasteiger partial charge >= 0.3 is 0 Å². The van der Waals surface area contributed by atoms with Crippen molar-refractivity contribution in [2.24, 2.45) is 0 Å². The second kappa shape index (κ2) is 5.63. The fourth-order valence-electron chi connectivity index (χ4n) is 2.82. The Morgan fingerprint density at radius 3 is 3.00 bits per heavy atom. The van der Waals surface area contributed by atoms with E-state index in [0.29, 0.717) is 5.95 Å². The van der Waals surface area contributed by atoms with Crippen LogP contribution in [0.4, 0.5) is 11.8 Å². The Balaban J connectivity index is 2.11. The summed E-state index contributed by atoms with van der Waals surface area (Å²) in [5, 5.41) is 13.8. The average Bonchev–Trinajstić information content (AvgIpc) is 2.95. The van der Waals surface area contributed by atoms with Crippen LogP contribution in [0.25, 0.3) is 10.9 Å². The quantitative estimate of drug-likeness (QED) is 0.891. The van der Waals surface area contributed by atoms with Crippen LogP contribution in [0.5, 0.6) is 0 Å². The van der Waals surface area contributed by atoms with E-state index >= 15 is 0 Å². The summed E-state index contributed by atoms with van der Waals surface area (Å²) in [6, 6.07) is 8.22. The molecular weight excluding hydrogens is 252 g/mol. The number of hydrogen-bond acceptors (Lipinski definition) is 5. The molecule has 1 unspecified atom stereocenters. The Hall–Kier alpha value is -1.88. The number of nitrogens with zero attached hydrogens (tertiary/aromatic N) is 3. The number of fused-ring (bicyclic) bond motifs is 1. The number of hydrogen-bond donors (Lipinski definition) is 2. The molecule has 0 spiro atoms. The van der Waals surface area contributed by atoms with Crippen molar-refractivity contribution in [3.8, 4) is 0 Å². The van der Waals surface area contributed by atoms with Gasteiger partial charge in [-0.1, -0.05) is 12.1 Å². The van der Waals surface area contributed by atoms with Gasteiger partial charge in [0.2, 0.25) is 5.95 Å². The Bertz CT molecular complexity index is 601. The number of aromatic nitrogens is 2. The third kappa shape index (κ3) is 2.29. The van der Waals surface area contributed by atoms with E-state index in [1.165, 1.54) is 0 Å². The number of aliphatic hydroxyl groups is 1. The van der Waals surface area contributed by atoms with Gasteiger partial charge in [-0.15, -0.1) is 0 Å². The molecule has 1 aromatic carbocycles. The number of nitrogens with one attached hydrogen (secondary N) is 1.